The second-order valence-corrected chi connectivity index (χ2v) is 8.48. The van der Waals surface area contributed by atoms with Crippen LogP contribution in [0, 0.1) is 11.7 Å². The predicted octanol–water partition coefficient (Wildman–Crippen LogP) is 2.80. The summed E-state index contributed by atoms with van der Waals surface area (Å²) in [6.07, 6.45) is 0.753. The lowest BCUT2D eigenvalue weighted by Gasteiger charge is -2.21. The second-order valence-electron chi connectivity index (χ2n) is 8.48. The van der Waals surface area contributed by atoms with E-state index in [4.69, 9.17) is 11.5 Å². The Labute approximate surface area is 187 Å². The number of nitrogens with zero attached hydrogens (tertiary/aromatic N) is 4. The van der Waals surface area contributed by atoms with Crippen LogP contribution in [0.15, 0.2) is 24.3 Å². The number of halogens is 1. The maximum Gasteiger partial charge on any atom is 0.252 e. The molecule has 0 fully saturated rings. The summed E-state index contributed by atoms with van der Waals surface area (Å²) in [5.41, 5.74) is 12.9. The third-order valence-corrected chi connectivity index (χ3v) is 5.14. The fourth-order valence-electron chi connectivity index (χ4n) is 3.64. The highest BCUT2D eigenvalue weighted by Crippen LogP contribution is 2.30. The molecule has 0 radical (unpaired) electrons. The number of amides is 1. The van der Waals surface area contributed by atoms with Crippen molar-refractivity contribution in [3.63, 3.8) is 0 Å². The Morgan fingerprint density at radius 2 is 1.97 bits per heavy atom. The maximum atomic E-state index is 14.7. The van der Waals surface area contributed by atoms with Gasteiger partial charge >= 0.3 is 0 Å². The lowest BCUT2D eigenvalue weighted by Crippen LogP contribution is -2.31. The topological polar surface area (TPSA) is 127 Å². The van der Waals surface area contributed by atoms with E-state index in [1.165, 1.54) is 0 Å². The van der Waals surface area contributed by atoms with Crippen LogP contribution in [0.2, 0.25) is 0 Å². The quantitative estimate of drug-likeness (QED) is 0.401. The molecule has 10 heteroatoms. The first-order valence-electron chi connectivity index (χ1n) is 10.5. The smallest absolute Gasteiger partial charge is 0.252 e. The Morgan fingerprint density at radius 3 is 2.56 bits per heavy atom. The van der Waals surface area contributed by atoms with Crippen molar-refractivity contribution in [1.29, 1.82) is 0 Å². The van der Waals surface area contributed by atoms with E-state index in [0.717, 1.165) is 29.2 Å². The molecular weight excluding hydrogens is 411 g/mol. The van der Waals surface area contributed by atoms with E-state index in [9.17, 15) is 9.18 Å². The first-order valence-corrected chi connectivity index (χ1v) is 10.5. The molecule has 32 heavy (non-hydrogen) atoms. The summed E-state index contributed by atoms with van der Waals surface area (Å²) >= 11 is 0. The van der Waals surface area contributed by atoms with Crippen LogP contribution in [0.25, 0.3) is 10.9 Å². The van der Waals surface area contributed by atoms with Crippen LogP contribution in [0.3, 0.4) is 0 Å². The van der Waals surface area contributed by atoms with Gasteiger partial charge in [-0.2, -0.15) is 5.10 Å². The van der Waals surface area contributed by atoms with Gasteiger partial charge in [0.2, 0.25) is 0 Å². The minimum Gasteiger partial charge on any atom is -0.365 e. The summed E-state index contributed by atoms with van der Waals surface area (Å²) in [7, 11) is 5.70. The highest BCUT2D eigenvalue weighted by Gasteiger charge is 2.19. The Morgan fingerprint density at radius 1 is 1.25 bits per heavy atom. The molecule has 2 aromatic heterocycles. The number of rotatable bonds is 9. The lowest BCUT2D eigenvalue weighted by molar-refractivity contribution is 0.100. The average molecular weight is 443 g/mol. The van der Waals surface area contributed by atoms with Gasteiger partial charge in [-0.15, -0.1) is 0 Å². The number of anilines is 4. The van der Waals surface area contributed by atoms with Crippen molar-refractivity contribution in [1.82, 2.24) is 14.8 Å². The number of hydrogen-bond donors (Lipinski definition) is 4. The van der Waals surface area contributed by atoms with Gasteiger partial charge in [-0.1, -0.05) is 13.8 Å². The average Bonchev–Trinajstić information content (AvgIpc) is 3.05. The van der Waals surface area contributed by atoms with Gasteiger partial charge in [0.1, 0.15) is 5.82 Å². The summed E-state index contributed by atoms with van der Waals surface area (Å²) in [4.78, 5) is 18.2. The van der Waals surface area contributed by atoms with Gasteiger partial charge in [-0.25, -0.2) is 9.37 Å². The number of primary amides is 1. The van der Waals surface area contributed by atoms with Gasteiger partial charge in [0.25, 0.3) is 5.91 Å². The SMILES string of the molecule is CC(C)CC(CN)Nc1nc(Nc2ccc3c(c2)c(N(C)C)nn3C)c(C(N)=O)cc1F. The molecule has 0 aliphatic heterocycles. The van der Waals surface area contributed by atoms with Crippen molar-refractivity contribution in [3.8, 4) is 0 Å². The van der Waals surface area contributed by atoms with Crippen molar-refractivity contribution in [3.05, 3.63) is 35.6 Å². The van der Waals surface area contributed by atoms with Gasteiger partial charge in [-0.3, -0.25) is 9.48 Å². The fourth-order valence-corrected chi connectivity index (χ4v) is 3.64. The molecule has 1 unspecified atom stereocenters. The Kier molecular flexibility index (Phi) is 6.83. The number of hydrogen-bond acceptors (Lipinski definition) is 7. The third kappa shape index (κ3) is 4.91. The molecule has 0 bridgehead atoms. The van der Waals surface area contributed by atoms with Crippen LogP contribution in [-0.4, -0.2) is 47.4 Å². The minimum atomic E-state index is -0.778. The Bertz CT molecular complexity index is 1120. The molecule has 172 valence electrons. The van der Waals surface area contributed by atoms with Crippen LogP contribution < -0.4 is 27.0 Å². The second kappa shape index (κ2) is 9.39. The number of aromatic nitrogens is 3. The van der Waals surface area contributed by atoms with Crippen molar-refractivity contribution in [2.45, 2.75) is 26.3 Å². The zero-order valence-electron chi connectivity index (χ0n) is 19.1. The van der Waals surface area contributed by atoms with Gasteiger partial charge in [0, 0.05) is 44.8 Å². The van der Waals surface area contributed by atoms with E-state index in [1.54, 1.807) is 4.68 Å². The Balaban J connectivity index is 2.00. The van der Waals surface area contributed by atoms with Gasteiger partial charge in [-0.05, 0) is 36.6 Å². The summed E-state index contributed by atoms with van der Waals surface area (Å²) in [6.45, 7) is 4.45. The predicted molar refractivity (Wildman–Crippen MR) is 127 cm³/mol. The zero-order chi connectivity index (χ0) is 23.6. The van der Waals surface area contributed by atoms with Crippen LogP contribution in [0.5, 0.6) is 0 Å². The fraction of sp³-hybridized carbons (Fsp3) is 0.409. The minimum absolute atomic E-state index is 0.0186. The Hall–Kier alpha value is -3.40. The van der Waals surface area contributed by atoms with Crippen LogP contribution in [0.1, 0.15) is 30.6 Å². The van der Waals surface area contributed by atoms with E-state index >= 15 is 0 Å². The number of nitrogens with one attached hydrogen (secondary N) is 2. The van der Waals surface area contributed by atoms with Gasteiger partial charge in [0.05, 0.1) is 11.1 Å². The first kappa shape index (κ1) is 23.3. The molecule has 3 aromatic rings. The van der Waals surface area contributed by atoms with E-state index in [0.29, 0.717) is 18.2 Å². The summed E-state index contributed by atoms with van der Waals surface area (Å²) in [6, 6.07) is 6.60. The van der Waals surface area contributed by atoms with Gasteiger partial charge in [0.15, 0.2) is 17.5 Å². The number of nitrogens with two attached hydrogens (primary N) is 2. The first-order chi connectivity index (χ1) is 15.1. The third-order valence-electron chi connectivity index (χ3n) is 5.14. The largest absolute Gasteiger partial charge is 0.365 e. The maximum absolute atomic E-state index is 14.7. The van der Waals surface area contributed by atoms with E-state index in [-0.39, 0.29) is 23.2 Å². The number of pyridine rings is 1. The zero-order valence-corrected chi connectivity index (χ0v) is 19.1. The van der Waals surface area contributed by atoms with E-state index in [1.807, 2.05) is 44.2 Å². The lowest BCUT2D eigenvalue weighted by atomic mass is 10.0. The molecule has 1 aromatic carbocycles. The van der Waals surface area contributed by atoms with Crippen molar-refractivity contribution >= 4 is 40.0 Å². The molecule has 0 aliphatic carbocycles. The number of fused-ring (bicyclic) bond motifs is 1. The van der Waals surface area contributed by atoms with Crippen LogP contribution in [-0.2, 0) is 7.05 Å². The van der Waals surface area contributed by atoms with Crippen molar-refractivity contribution < 1.29 is 9.18 Å². The van der Waals surface area contributed by atoms with Crippen LogP contribution in [0.4, 0.5) is 27.5 Å². The number of benzene rings is 1. The van der Waals surface area contributed by atoms with Crippen LogP contribution >= 0.6 is 0 Å². The van der Waals surface area contributed by atoms with E-state index in [2.05, 4.69) is 34.6 Å². The van der Waals surface area contributed by atoms with Gasteiger partial charge < -0.3 is 27.0 Å². The molecule has 1 amide bonds. The standard InChI is InChI=1S/C22H31FN8O/c1-12(2)8-14(11-24)27-21-17(23)10-16(19(25)32)20(28-21)26-13-6-7-18-15(9-13)22(30(3)4)29-31(18)5/h6-7,9-10,12,14H,8,11,24H2,1-5H3,(H2,25,32)(H2,26,27,28). The molecule has 0 spiro atoms. The highest BCUT2D eigenvalue weighted by molar-refractivity contribution is 5.99. The molecule has 6 N–H and O–H groups in total. The molecule has 0 aliphatic rings. The molecule has 0 saturated heterocycles. The molecule has 3 rings (SSSR count). The number of carbonyl (C=O) groups excluding carboxylic acids is 1. The highest BCUT2D eigenvalue weighted by atomic mass is 19.1. The molecular formula is C22H31FN8O. The monoisotopic (exact) mass is 442 g/mol. The summed E-state index contributed by atoms with van der Waals surface area (Å²) in [5, 5.41) is 11.6. The summed E-state index contributed by atoms with van der Waals surface area (Å²) < 4.78 is 16.5. The molecule has 9 nitrogen and oxygen atoms in total. The van der Waals surface area contributed by atoms with Crippen molar-refractivity contribution in [2.75, 3.05) is 36.2 Å². The van der Waals surface area contributed by atoms with E-state index < -0.39 is 11.7 Å². The summed E-state index contributed by atoms with van der Waals surface area (Å²) in [5.74, 6) is -0.0844. The molecule has 1 atom stereocenters. The normalized spacial score (nSPS) is 12.2. The number of aryl methyl sites for hydroxylation is 1. The molecule has 0 saturated carbocycles. The molecule has 2 heterocycles. The van der Waals surface area contributed by atoms with Crippen molar-refractivity contribution in [2.24, 2.45) is 24.4 Å². The number of carbonyl (C=O) groups is 1.